The second-order valence-electron chi connectivity index (χ2n) is 8.92. The van der Waals surface area contributed by atoms with Crippen molar-refractivity contribution in [3.05, 3.63) is 93.2 Å². The van der Waals surface area contributed by atoms with E-state index < -0.39 is 6.04 Å². The number of hydrogen-bond acceptors (Lipinski definition) is 6. The van der Waals surface area contributed by atoms with Crippen molar-refractivity contribution in [2.45, 2.75) is 26.3 Å². The zero-order valence-electron chi connectivity index (χ0n) is 21.4. The first-order valence-electron chi connectivity index (χ1n) is 12.1. The fourth-order valence-corrected chi connectivity index (χ4v) is 4.77. The lowest BCUT2D eigenvalue weighted by Gasteiger charge is -2.21. The van der Waals surface area contributed by atoms with E-state index in [2.05, 4.69) is 20.6 Å². The molecule has 0 aliphatic rings. The smallest absolute Gasteiger partial charge is 0.252 e. The minimum absolute atomic E-state index is 0.216. The summed E-state index contributed by atoms with van der Waals surface area (Å²) in [6, 6.07) is 15.2. The van der Waals surface area contributed by atoms with Gasteiger partial charge >= 0.3 is 0 Å². The number of anilines is 1. The Labute approximate surface area is 234 Å². The zero-order valence-corrected chi connectivity index (χ0v) is 22.9. The fourth-order valence-electron chi connectivity index (χ4n) is 4.47. The molecule has 0 fully saturated rings. The van der Waals surface area contributed by atoms with Crippen LogP contribution in [0.15, 0.2) is 71.8 Å². The number of nitrogens with zero attached hydrogens (tertiary/aromatic N) is 5. The zero-order chi connectivity index (χ0) is 27.7. The van der Waals surface area contributed by atoms with E-state index in [0.29, 0.717) is 39.7 Å². The second-order valence-corrected chi connectivity index (χ2v) is 9.75. The van der Waals surface area contributed by atoms with Gasteiger partial charge in [0, 0.05) is 39.0 Å². The van der Waals surface area contributed by atoms with Crippen LogP contribution in [0, 0.1) is 6.92 Å². The molecule has 2 aromatic carbocycles. The van der Waals surface area contributed by atoms with Crippen molar-refractivity contribution in [2.75, 3.05) is 12.4 Å². The van der Waals surface area contributed by atoms with Crippen LogP contribution < -0.4 is 15.6 Å². The van der Waals surface area contributed by atoms with E-state index in [4.69, 9.17) is 27.9 Å². The predicted molar refractivity (Wildman–Crippen MR) is 152 cm³/mol. The summed E-state index contributed by atoms with van der Waals surface area (Å²) >= 11 is 12.3. The van der Waals surface area contributed by atoms with Gasteiger partial charge in [0.25, 0.3) is 5.56 Å². The molecule has 0 saturated carbocycles. The monoisotopic (exact) mass is 562 g/mol. The number of nitrogens with one attached hydrogen (secondary N) is 1. The van der Waals surface area contributed by atoms with Crippen molar-refractivity contribution in [1.29, 1.82) is 0 Å². The van der Waals surface area contributed by atoms with Gasteiger partial charge in [-0.25, -0.2) is 4.68 Å². The Morgan fingerprint density at radius 2 is 1.87 bits per heavy atom. The van der Waals surface area contributed by atoms with Gasteiger partial charge in [-0.1, -0.05) is 41.4 Å². The van der Waals surface area contributed by atoms with Gasteiger partial charge < -0.3 is 10.1 Å². The molecule has 9 nitrogen and oxygen atoms in total. The van der Waals surface area contributed by atoms with Crippen molar-refractivity contribution in [1.82, 2.24) is 24.5 Å². The summed E-state index contributed by atoms with van der Waals surface area (Å²) in [5.41, 5.74) is 3.65. The number of amides is 1. The highest BCUT2D eigenvalue weighted by molar-refractivity contribution is 6.31. The quantitative estimate of drug-likeness (QED) is 0.266. The minimum Gasteiger partial charge on any atom is -0.495 e. The molecule has 11 heteroatoms. The molecule has 1 amide bonds. The highest BCUT2D eigenvalue weighted by Crippen LogP contribution is 2.35. The summed E-state index contributed by atoms with van der Waals surface area (Å²) in [7, 11) is 1.50. The van der Waals surface area contributed by atoms with Gasteiger partial charge in [0.1, 0.15) is 11.8 Å². The molecular formula is C28H24Cl2N6O3. The maximum absolute atomic E-state index is 13.4. The van der Waals surface area contributed by atoms with Gasteiger partial charge in [-0.05, 0) is 55.8 Å². The average Bonchev–Trinajstić information content (AvgIpc) is 3.35. The van der Waals surface area contributed by atoms with Crippen LogP contribution in [0.2, 0.25) is 10.2 Å². The van der Waals surface area contributed by atoms with E-state index in [1.165, 1.54) is 28.6 Å². The highest BCUT2D eigenvalue weighted by atomic mass is 35.5. The molecule has 0 spiro atoms. The number of rotatable bonds is 7. The fraction of sp³-hybridized carbons (Fsp3) is 0.179. The van der Waals surface area contributed by atoms with Crippen molar-refractivity contribution in [3.63, 3.8) is 0 Å². The molecule has 39 heavy (non-hydrogen) atoms. The van der Waals surface area contributed by atoms with Crippen LogP contribution in [-0.4, -0.2) is 37.6 Å². The number of pyridine rings is 2. The van der Waals surface area contributed by atoms with Crippen LogP contribution >= 0.6 is 23.2 Å². The van der Waals surface area contributed by atoms with E-state index in [1.54, 1.807) is 30.5 Å². The number of methoxy groups -OCH3 is 1. The Balaban J connectivity index is 1.51. The molecule has 5 aromatic rings. The third kappa shape index (κ3) is 5.36. The Morgan fingerprint density at radius 3 is 2.59 bits per heavy atom. The Kier molecular flexibility index (Phi) is 7.36. The second kappa shape index (κ2) is 10.9. The summed E-state index contributed by atoms with van der Waals surface area (Å²) in [5.74, 6) is 0.0530. The molecule has 1 atom stereocenters. The molecule has 0 aliphatic heterocycles. The molecule has 5 rings (SSSR count). The summed E-state index contributed by atoms with van der Waals surface area (Å²) in [4.78, 5) is 31.3. The van der Waals surface area contributed by atoms with Crippen LogP contribution in [0.4, 0.5) is 5.69 Å². The van der Waals surface area contributed by atoms with Crippen LogP contribution in [0.3, 0.4) is 0 Å². The number of aryl methyl sites for hydroxylation is 1. The average molecular weight is 563 g/mol. The summed E-state index contributed by atoms with van der Waals surface area (Å²) in [5, 5.41) is 12.4. The van der Waals surface area contributed by atoms with E-state index >= 15 is 0 Å². The number of ether oxygens (including phenoxy) is 1. The van der Waals surface area contributed by atoms with Crippen LogP contribution in [0.1, 0.15) is 25.1 Å². The lowest BCUT2D eigenvalue weighted by molar-refractivity contribution is -0.119. The number of carbonyl (C=O) groups is 1. The molecule has 0 aliphatic carbocycles. The van der Waals surface area contributed by atoms with Crippen molar-refractivity contribution in [2.24, 2.45) is 0 Å². The normalized spacial score (nSPS) is 11.9. The third-order valence-corrected chi connectivity index (χ3v) is 6.75. The molecule has 0 saturated heterocycles. The van der Waals surface area contributed by atoms with E-state index in [9.17, 15) is 9.59 Å². The van der Waals surface area contributed by atoms with Crippen LogP contribution in [0.25, 0.3) is 27.7 Å². The number of fused-ring (bicyclic) bond motifs is 1. The molecule has 0 radical (unpaired) electrons. The maximum atomic E-state index is 13.4. The van der Waals surface area contributed by atoms with E-state index in [0.717, 1.165) is 16.6 Å². The van der Waals surface area contributed by atoms with Crippen LogP contribution in [0.5, 0.6) is 5.75 Å². The molecule has 0 unspecified atom stereocenters. The number of aromatic nitrogens is 5. The first-order chi connectivity index (χ1) is 18.8. The van der Waals surface area contributed by atoms with Gasteiger partial charge in [0.15, 0.2) is 5.15 Å². The predicted octanol–water partition coefficient (Wildman–Crippen LogP) is 5.86. The van der Waals surface area contributed by atoms with E-state index in [-0.39, 0.29) is 16.6 Å². The summed E-state index contributed by atoms with van der Waals surface area (Å²) in [6.07, 6.45) is 3.46. The maximum Gasteiger partial charge on any atom is 0.252 e. The lowest BCUT2D eigenvalue weighted by atomic mass is 10.0. The molecule has 198 valence electrons. The molecule has 1 N–H and O–H groups in total. The molecule has 0 bridgehead atoms. The first kappa shape index (κ1) is 26.4. The third-order valence-electron chi connectivity index (χ3n) is 6.35. The first-order valence-corrected chi connectivity index (χ1v) is 12.9. The number of hydrogen-bond donors (Lipinski definition) is 1. The molecule has 3 aromatic heterocycles. The van der Waals surface area contributed by atoms with Gasteiger partial charge in [0.2, 0.25) is 5.91 Å². The number of benzene rings is 2. The van der Waals surface area contributed by atoms with Crippen LogP contribution in [-0.2, 0) is 4.79 Å². The van der Waals surface area contributed by atoms with Crippen molar-refractivity contribution < 1.29 is 9.53 Å². The van der Waals surface area contributed by atoms with E-state index in [1.807, 2.05) is 38.1 Å². The Bertz CT molecular complexity index is 1760. The SMILES string of the molecule is CC[C@@H](C(=O)Nc1ccc2nc(C)ccc2c1)n1cc(OC)c(-c2cc(Cl)ccc2-n2cc(Cl)nn2)cc1=O. The standard InChI is InChI=1S/C28H24Cl2N6O3/c1-4-23(28(38)32-19-8-9-22-17(11-19)6-5-16(2)31-22)35-14-25(39-3)21(13-27(35)37)20-12-18(29)7-10-24(20)36-15-26(30)33-34-36/h5-15,23H,4H2,1-3H3,(H,32,38)/t23-/m0/s1. The van der Waals surface area contributed by atoms with Gasteiger partial charge in [-0.15, -0.1) is 5.10 Å². The summed E-state index contributed by atoms with van der Waals surface area (Å²) < 4.78 is 8.53. The molecule has 3 heterocycles. The van der Waals surface area contributed by atoms with Gasteiger partial charge in [-0.3, -0.25) is 19.1 Å². The highest BCUT2D eigenvalue weighted by Gasteiger charge is 2.23. The summed E-state index contributed by atoms with van der Waals surface area (Å²) in [6.45, 7) is 3.77. The molecular weight excluding hydrogens is 539 g/mol. The van der Waals surface area contributed by atoms with Gasteiger partial charge in [-0.2, -0.15) is 0 Å². The Morgan fingerprint density at radius 1 is 1.05 bits per heavy atom. The Hall–Kier alpha value is -4.21. The number of carbonyl (C=O) groups excluding carboxylic acids is 1. The van der Waals surface area contributed by atoms with Crippen molar-refractivity contribution in [3.8, 4) is 22.6 Å². The van der Waals surface area contributed by atoms with Crippen molar-refractivity contribution >= 4 is 45.7 Å². The number of halogens is 2. The lowest BCUT2D eigenvalue weighted by Crippen LogP contribution is -2.32. The largest absolute Gasteiger partial charge is 0.495 e. The minimum atomic E-state index is -0.778. The topological polar surface area (TPSA) is 104 Å². The van der Waals surface area contributed by atoms with Gasteiger partial charge in [0.05, 0.1) is 30.7 Å².